The molecule has 5 rings (SSSR count). The van der Waals surface area contributed by atoms with Crippen LogP contribution in [0.2, 0.25) is 5.02 Å². The van der Waals surface area contributed by atoms with Crippen LogP contribution in [0.4, 0.5) is 8.78 Å². The summed E-state index contributed by atoms with van der Waals surface area (Å²) in [6.45, 7) is 3.11. The van der Waals surface area contributed by atoms with Gasteiger partial charge in [0.2, 0.25) is 11.8 Å². The number of carbonyl (C=O) groups is 2. The van der Waals surface area contributed by atoms with Crippen LogP contribution in [-0.2, 0) is 10.4 Å². The Balaban J connectivity index is 1.53. The lowest BCUT2D eigenvalue weighted by Crippen LogP contribution is -2.48. The largest absolute Gasteiger partial charge is 0.494 e. The molecule has 0 unspecified atom stereocenters. The van der Waals surface area contributed by atoms with Crippen molar-refractivity contribution in [1.82, 2.24) is 10.6 Å². The van der Waals surface area contributed by atoms with E-state index in [-0.39, 0.29) is 51.1 Å². The van der Waals surface area contributed by atoms with Gasteiger partial charge in [-0.3, -0.25) is 9.59 Å². The van der Waals surface area contributed by atoms with E-state index in [9.17, 15) is 9.59 Å². The van der Waals surface area contributed by atoms with Gasteiger partial charge in [-0.25, -0.2) is 8.78 Å². The van der Waals surface area contributed by atoms with Crippen molar-refractivity contribution in [2.24, 2.45) is 17.4 Å². The van der Waals surface area contributed by atoms with Crippen LogP contribution in [0, 0.1) is 17.6 Å². The highest BCUT2D eigenvalue weighted by molar-refractivity contribution is 6.34. The summed E-state index contributed by atoms with van der Waals surface area (Å²) in [6, 6.07) is 13.5. The Kier molecular flexibility index (Phi) is 9.43. The average Bonchev–Trinajstić information content (AvgIpc) is 3.31. The molecule has 1 aliphatic carbocycles. The second kappa shape index (κ2) is 13.1. The summed E-state index contributed by atoms with van der Waals surface area (Å²) in [7, 11) is 1.29. The Morgan fingerprint density at radius 3 is 2.43 bits per heavy atom. The molecule has 0 saturated heterocycles. The zero-order valence-corrected chi connectivity index (χ0v) is 25.5. The summed E-state index contributed by atoms with van der Waals surface area (Å²) in [5.41, 5.74) is 11.0. The van der Waals surface area contributed by atoms with Gasteiger partial charge in [0, 0.05) is 60.3 Å². The minimum Gasteiger partial charge on any atom is -0.494 e. The molecule has 0 bridgehead atoms. The first-order chi connectivity index (χ1) is 21.1. The molecule has 1 saturated carbocycles. The van der Waals surface area contributed by atoms with Crippen molar-refractivity contribution in [2.45, 2.75) is 50.2 Å². The number of ether oxygens (including phenoxy) is 2. The van der Waals surface area contributed by atoms with Crippen LogP contribution in [-0.4, -0.2) is 44.6 Å². The second-order valence-corrected chi connectivity index (χ2v) is 11.8. The molecule has 0 radical (unpaired) electrons. The monoisotopic (exact) mass is 626 g/mol. The van der Waals surface area contributed by atoms with Crippen LogP contribution in [0.25, 0.3) is 11.1 Å². The molecule has 2 atom stereocenters. The molecule has 0 spiro atoms. The van der Waals surface area contributed by atoms with E-state index in [1.54, 1.807) is 0 Å². The van der Waals surface area contributed by atoms with Gasteiger partial charge in [0.05, 0.1) is 17.7 Å². The van der Waals surface area contributed by atoms with Crippen molar-refractivity contribution >= 4 is 23.4 Å². The molecule has 1 heterocycles. The molecule has 8 nitrogen and oxygen atoms in total. The van der Waals surface area contributed by atoms with Crippen molar-refractivity contribution in [1.29, 1.82) is 0 Å². The van der Waals surface area contributed by atoms with Crippen LogP contribution in [0.1, 0.15) is 60.0 Å². The Hall–Kier alpha value is -3.73. The van der Waals surface area contributed by atoms with Crippen molar-refractivity contribution in [2.75, 3.05) is 26.7 Å². The molecule has 44 heavy (non-hydrogen) atoms. The van der Waals surface area contributed by atoms with Crippen LogP contribution >= 0.6 is 11.6 Å². The van der Waals surface area contributed by atoms with E-state index < -0.39 is 29.1 Å². The number of nitrogens with one attached hydrogen (secondary N) is 2. The molecule has 3 aromatic rings. The van der Waals surface area contributed by atoms with Gasteiger partial charge >= 0.3 is 0 Å². The Morgan fingerprint density at radius 1 is 1.09 bits per heavy atom. The lowest BCUT2D eigenvalue weighted by atomic mass is 9.77. The lowest BCUT2D eigenvalue weighted by Gasteiger charge is -2.37. The number of benzene rings is 3. The Labute approximate surface area is 260 Å². The number of fused-ring (bicyclic) bond motifs is 1. The van der Waals surface area contributed by atoms with E-state index in [2.05, 4.69) is 10.6 Å². The summed E-state index contributed by atoms with van der Waals surface area (Å²) in [6.07, 6.45) is 3.04. The van der Waals surface area contributed by atoms with E-state index in [1.165, 1.54) is 25.3 Å². The van der Waals surface area contributed by atoms with Crippen molar-refractivity contribution in [3.05, 3.63) is 81.9 Å². The van der Waals surface area contributed by atoms with Crippen molar-refractivity contribution in [3.63, 3.8) is 0 Å². The van der Waals surface area contributed by atoms with Crippen molar-refractivity contribution < 1.29 is 27.8 Å². The van der Waals surface area contributed by atoms with Gasteiger partial charge in [-0.1, -0.05) is 48.9 Å². The molecule has 2 amide bonds. The smallest absolute Gasteiger partial charge is 0.249 e. The van der Waals surface area contributed by atoms with Crippen LogP contribution < -0.4 is 31.6 Å². The summed E-state index contributed by atoms with van der Waals surface area (Å²) in [5.74, 6) is -3.06. The van der Waals surface area contributed by atoms with Crippen LogP contribution in [0.5, 0.6) is 11.5 Å². The predicted octanol–water partition coefficient (Wildman–Crippen LogP) is 5.01. The Morgan fingerprint density at radius 2 is 1.80 bits per heavy atom. The molecule has 2 aliphatic rings. The molecule has 3 aromatic carbocycles. The summed E-state index contributed by atoms with van der Waals surface area (Å²) >= 11 is 6.58. The number of amides is 2. The fourth-order valence-electron chi connectivity index (χ4n) is 6.57. The first-order valence-corrected chi connectivity index (χ1v) is 15.1. The number of nitrogens with two attached hydrogens (primary N) is 2. The molecule has 1 aliphatic heterocycles. The minimum atomic E-state index is -1.03. The maximum Gasteiger partial charge on any atom is 0.249 e. The van der Waals surface area contributed by atoms with E-state index >= 15 is 8.78 Å². The molecule has 234 valence electrons. The third kappa shape index (κ3) is 5.74. The van der Waals surface area contributed by atoms with E-state index in [0.29, 0.717) is 25.2 Å². The molecule has 11 heteroatoms. The number of methoxy groups -OCH3 is 1. The lowest BCUT2D eigenvalue weighted by molar-refractivity contribution is -0.126. The maximum absolute atomic E-state index is 15.9. The zero-order chi connectivity index (χ0) is 31.6. The van der Waals surface area contributed by atoms with Gasteiger partial charge in [0.25, 0.3) is 0 Å². The number of halogens is 3. The topological polar surface area (TPSA) is 129 Å². The average molecular weight is 627 g/mol. The van der Waals surface area contributed by atoms with E-state index in [0.717, 1.165) is 31.2 Å². The SMILES string of the molecule is COc1ccc(C(N)=O)c(-c2c(Cl)c(F)cc3c2[C@H](C)[C@@](CNC2CCC(C(=O)NCCN)CC2)(c2ccccc2)O3)c1F. The summed E-state index contributed by atoms with van der Waals surface area (Å²) in [5, 5.41) is 6.17. The van der Waals surface area contributed by atoms with E-state index in [4.69, 9.17) is 32.5 Å². The summed E-state index contributed by atoms with van der Waals surface area (Å²) < 4.78 is 43.3. The standard InChI is InChI=1S/C33H37ClF2N4O4/c1-18-26-25(16-23(35)29(34)28(26)27-22(31(38)41)12-13-24(43-2)30(27)36)44-33(18,20-6-4-3-5-7-20)17-40-21-10-8-19(9-11-21)32(42)39-15-14-37/h3-7,12-13,16,18-19,21,40H,8-11,14-15,17,37H2,1-2H3,(H2,38,41)(H,39,42)/t18-,19?,21?,33-/m0/s1. The van der Waals surface area contributed by atoms with Gasteiger partial charge in [0.15, 0.2) is 17.2 Å². The van der Waals surface area contributed by atoms with Crippen molar-refractivity contribution in [3.8, 4) is 22.6 Å². The Bertz CT molecular complexity index is 1550. The quantitative estimate of drug-likeness (QED) is 0.251. The number of carbonyl (C=O) groups excluding carboxylic acids is 2. The molecule has 6 N–H and O–H groups in total. The highest BCUT2D eigenvalue weighted by atomic mass is 35.5. The van der Waals surface area contributed by atoms with Crippen LogP contribution in [0.15, 0.2) is 48.5 Å². The molecule has 1 fully saturated rings. The van der Waals surface area contributed by atoms with Gasteiger partial charge < -0.3 is 31.6 Å². The van der Waals surface area contributed by atoms with E-state index in [1.807, 2.05) is 37.3 Å². The zero-order valence-electron chi connectivity index (χ0n) is 24.7. The fraction of sp³-hybridized carbons (Fsp3) is 0.394. The first-order valence-electron chi connectivity index (χ1n) is 14.8. The van der Waals surface area contributed by atoms with Gasteiger partial charge in [-0.15, -0.1) is 0 Å². The normalized spacial score (nSPS) is 22.6. The maximum atomic E-state index is 15.9. The second-order valence-electron chi connectivity index (χ2n) is 11.4. The number of hydrogen-bond acceptors (Lipinski definition) is 6. The fourth-order valence-corrected chi connectivity index (χ4v) is 6.82. The highest BCUT2D eigenvalue weighted by Gasteiger charge is 2.50. The number of hydrogen-bond donors (Lipinski definition) is 4. The molecular formula is C33H37ClF2N4O4. The number of rotatable bonds is 10. The van der Waals surface area contributed by atoms with Gasteiger partial charge in [0.1, 0.15) is 11.6 Å². The number of primary amides is 1. The minimum absolute atomic E-state index is 0.00109. The third-order valence-corrected chi connectivity index (χ3v) is 9.32. The highest BCUT2D eigenvalue weighted by Crippen LogP contribution is 2.56. The van der Waals surface area contributed by atoms with Crippen LogP contribution in [0.3, 0.4) is 0 Å². The molecule has 0 aromatic heterocycles. The summed E-state index contributed by atoms with van der Waals surface area (Å²) in [4.78, 5) is 24.9. The van der Waals surface area contributed by atoms with Gasteiger partial charge in [-0.05, 0) is 43.4 Å². The van der Waals surface area contributed by atoms with Gasteiger partial charge in [-0.2, -0.15) is 0 Å². The first kappa shape index (κ1) is 31.7. The molecular weight excluding hydrogens is 590 g/mol. The third-order valence-electron chi connectivity index (χ3n) is 8.95. The predicted molar refractivity (Wildman–Crippen MR) is 165 cm³/mol.